The molecule has 5 nitrogen and oxygen atoms in total. The summed E-state index contributed by atoms with van der Waals surface area (Å²) in [4.78, 5) is 16.6. The highest BCUT2D eigenvalue weighted by atomic mass is 19.1. The van der Waals surface area contributed by atoms with Gasteiger partial charge in [-0.25, -0.2) is 4.39 Å². The summed E-state index contributed by atoms with van der Waals surface area (Å²) in [5.74, 6) is -0.869. The lowest BCUT2D eigenvalue weighted by atomic mass is 9.89. The fourth-order valence-corrected chi connectivity index (χ4v) is 2.58. The van der Waals surface area contributed by atoms with Crippen LogP contribution in [0, 0.1) is 5.82 Å². The molecule has 2 heterocycles. The van der Waals surface area contributed by atoms with Gasteiger partial charge in [-0.05, 0) is 25.5 Å². The summed E-state index contributed by atoms with van der Waals surface area (Å²) in [6.45, 7) is 1.50. The molecular weight excluding hydrogens is 249 g/mol. The zero-order valence-corrected chi connectivity index (χ0v) is 10.7. The van der Waals surface area contributed by atoms with E-state index in [2.05, 4.69) is 4.98 Å². The number of carbonyl (C=O) groups excluding carboxylic acids is 1. The van der Waals surface area contributed by atoms with Gasteiger partial charge in [0.1, 0.15) is 5.82 Å². The van der Waals surface area contributed by atoms with Gasteiger partial charge in [0.05, 0.1) is 18.2 Å². The van der Waals surface area contributed by atoms with E-state index in [4.69, 9.17) is 5.73 Å². The average Bonchev–Trinajstić information content (AvgIpc) is 2.30. The number of nitrogens with zero attached hydrogens (tertiary/aromatic N) is 2. The van der Waals surface area contributed by atoms with Crippen molar-refractivity contribution in [2.45, 2.75) is 31.4 Å². The number of aliphatic hydroxyl groups is 1. The summed E-state index contributed by atoms with van der Waals surface area (Å²) in [5, 5.41) is 10.3. The minimum absolute atomic E-state index is 0.0532. The fourth-order valence-electron chi connectivity index (χ4n) is 2.58. The first-order valence-corrected chi connectivity index (χ1v) is 6.30. The Kier molecular flexibility index (Phi) is 4.11. The quantitative estimate of drug-likeness (QED) is 0.828. The number of β-amino-alcohol motifs (C(OH)–C–C–N with tert-alkyl or cyclic N) is 1. The second kappa shape index (κ2) is 5.63. The molecule has 2 rings (SSSR count). The molecule has 0 bridgehead atoms. The lowest BCUT2D eigenvalue weighted by molar-refractivity contribution is -0.125. The third kappa shape index (κ3) is 3.71. The van der Waals surface area contributed by atoms with Gasteiger partial charge in [0.15, 0.2) is 0 Å². The topological polar surface area (TPSA) is 79.5 Å². The number of pyridine rings is 1. The highest BCUT2D eigenvalue weighted by Gasteiger charge is 2.34. The van der Waals surface area contributed by atoms with Gasteiger partial charge in [0.2, 0.25) is 5.91 Å². The van der Waals surface area contributed by atoms with E-state index < -0.39 is 11.5 Å². The van der Waals surface area contributed by atoms with Crippen molar-refractivity contribution in [1.29, 1.82) is 0 Å². The van der Waals surface area contributed by atoms with Crippen molar-refractivity contribution in [3.8, 4) is 0 Å². The van der Waals surface area contributed by atoms with E-state index in [1.165, 1.54) is 12.4 Å². The van der Waals surface area contributed by atoms with Gasteiger partial charge in [-0.2, -0.15) is 0 Å². The number of amides is 1. The van der Waals surface area contributed by atoms with E-state index in [0.717, 1.165) is 13.0 Å². The molecule has 0 saturated carbocycles. The first-order chi connectivity index (χ1) is 8.98. The first-order valence-electron chi connectivity index (χ1n) is 6.30. The number of hydrogen-bond acceptors (Lipinski definition) is 4. The Labute approximate surface area is 111 Å². The van der Waals surface area contributed by atoms with E-state index in [-0.39, 0.29) is 12.2 Å². The molecule has 0 spiro atoms. The van der Waals surface area contributed by atoms with E-state index in [9.17, 15) is 14.3 Å². The van der Waals surface area contributed by atoms with E-state index in [1.54, 1.807) is 6.07 Å². The van der Waals surface area contributed by atoms with Crippen LogP contribution in [0.4, 0.5) is 4.39 Å². The fraction of sp³-hybridized carbons (Fsp3) is 0.538. The highest BCUT2D eigenvalue weighted by Crippen LogP contribution is 2.25. The number of aromatic nitrogens is 1. The molecule has 1 aromatic heterocycles. The van der Waals surface area contributed by atoms with Crippen molar-refractivity contribution >= 4 is 5.91 Å². The highest BCUT2D eigenvalue weighted by molar-refractivity contribution is 5.75. The number of halogens is 1. The van der Waals surface area contributed by atoms with Gasteiger partial charge in [-0.3, -0.25) is 14.7 Å². The summed E-state index contributed by atoms with van der Waals surface area (Å²) >= 11 is 0. The molecule has 1 aliphatic rings. The van der Waals surface area contributed by atoms with Gasteiger partial charge in [0, 0.05) is 24.8 Å². The number of piperidine rings is 1. The monoisotopic (exact) mass is 267 g/mol. The van der Waals surface area contributed by atoms with Crippen molar-refractivity contribution < 1.29 is 14.3 Å². The Bertz CT molecular complexity index is 469. The van der Waals surface area contributed by atoms with Crippen LogP contribution in [0.1, 0.15) is 24.8 Å². The predicted molar refractivity (Wildman–Crippen MR) is 67.5 cm³/mol. The summed E-state index contributed by atoms with van der Waals surface area (Å²) in [6.07, 6.45) is 3.97. The molecule has 104 valence electrons. The summed E-state index contributed by atoms with van der Waals surface area (Å²) in [7, 11) is 0. The zero-order valence-electron chi connectivity index (χ0n) is 10.7. The Morgan fingerprint density at radius 3 is 3.11 bits per heavy atom. The van der Waals surface area contributed by atoms with Gasteiger partial charge in [0.25, 0.3) is 0 Å². The smallest absolute Gasteiger partial charge is 0.220 e. The number of rotatable bonds is 4. The van der Waals surface area contributed by atoms with Crippen LogP contribution >= 0.6 is 0 Å². The van der Waals surface area contributed by atoms with Crippen molar-refractivity contribution in [3.63, 3.8) is 0 Å². The van der Waals surface area contributed by atoms with Gasteiger partial charge < -0.3 is 10.8 Å². The normalized spacial score (nSPS) is 24.3. The van der Waals surface area contributed by atoms with E-state index in [0.29, 0.717) is 25.1 Å². The second-order valence-corrected chi connectivity index (χ2v) is 5.15. The van der Waals surface area contributed by atoms with Gasteiger partial charge >= 0.3 is 0 Å². The van der Waals surface area contributed by atoms with Crippen LogP contribution in [0.25, 0.3) is 0 Å². The van der Waals surface area contributed by atoms with Gasteiger partial charge in [-0.15, -0.1) is 0 Å². The van der Waals surface area contributed by atoms with Crippen molar-refractivity contribution in [1.82, 2.24) is 9.88 Å². The average molecular weight is 267 g/mol. The Hall–Kier alpha value is -1.53. The maximum Gasteiger partial charge on any atom is 0.220 e. The lowest BCUT2D eigenvalue weighted by Crippen LogP contribution is -2.49. The third-order valence-electron chi connectivity index (χ3n) is 3.39. The number of primary amides is 1. The molecule has 1 unspecified atom stereocenters. The molecular formula is C13H18FN3O2. The molecule has 1 saturated heterocycles. The SMILES string of the molecule is NC(=O)CC1(O)CCCN(Cc2ccncc2F)C1. The minimum Gasteiger partial charge on any atom is -0.388 e. The maximum absolute atomic E-state index is 13.5. The second-order valence-electron chi connectivity index (χ2n) is 5.15. The molecule has 1 atom stereocenters. The number of likely N-dealkylation sites (tertiary alicyclic amines) is 1. The standard InChI is InChI=1S/C13H18FN3O2/c14-11-7-16-4-2-10(11)8-17-5-1-3-13(19,9-17)6-12(15)18/h2,4,7,19H,1,3,5-6,8-9H2,(H2,15,18). The molecule has 1 aromatic rings. The van der Waals surface area contributed by atoms with Crippen LogP contribution in [0.3, 0.4) is 0 Å². The number of carbonyl (C=O) groups is 1. The van der Waals surface area contributed by atoms with Gasteiger partial charge in [-0.1, -0.05) is 0 Å². The molecule has 6 heteroatoms. The number of nitrogens with two attached hydrogens (primary N) is 1. The van der Waals surface area contributed by atoms with Crippen LogP contribution in [-0.2, 0) is 11.3 Å². The predicted octanol–water partition coefficient (Wildman–Crippen LogP) is 0.423. The van der Waals surface area contributed by atoms with Crippen LogP contribution < -0.4 is 5.73 Å². The van der Waals surface area contributed by atoms with E-state index >= 15 is 0 Å². The van der Waals surface area contributed by atoms with Crippen molar-refractivity contribution in [3.05, 3.63) is 29.8 Å². The van der Waals surface area contributed by atoms with Crippen LogP contribution in [0.15, 0.2) is 18.5 Å². The van der Waals surface area contributed by atoms with Crippen LogP contribution in [0.2, 0.25) is 0 Å². The van der Waals surface area contributed by atoms with Crippen LogP contribution in [0.5, 0.6) is 0 Å². The minimum atomic E-state index is -1.09. The molecule has 3 N–H and O–H groups in total. The Morgan fingerprint density at radius 1 is 1.63 bits per heavy atom. The molecule has 1 amide bonds. The van der Waals surface area contributed by atoms with E-state index in [1.807, 2.05) is 4.90 Å². The molecule has 1 aliphatic heterocycles. The summed E-state index contributed by atoms with van der Waals surface area (Å²) in [6, 6.07) is 1.62. The lowest BCUT2D eigenvalue weighted by Gasteiger charge is -2.38. The largest absolute Gasteiger partial charge is 0.388 e. The molecule has 19 heavy (non-hydrogen) atoms. The Morgan fingerprint density at radius 2 is 2.42 bits per heavy atom. The Balaban J connectivity index is 2.02. The zero-order chi connectivity index (χ0) is 13.9. The van der Waals surface area contributed by atoms with Crippen LogP contribution in [-0.4, -0.2) is 39.6 Å². The third-order valence-corrected chi connectivity index (χ3v) is 3.39. The molecule has 0 radical (unpaired) electrons. The first kappa shape index (κ1) is 13.9. The summed E-state index contributed by atoms with van der Waals surface area (Å²) < 4.78 is 13.5. The molecule has 0 aliphatic carbocycles. The molecule has 0 aromatic carbocycles. The van der Waals surface area contributed by atoms with Crippen molar-refractivity contribution in [2.24, 2.45) is 5.73 Å². The summed E-state index contributed by atoms with van der Waals surface area (Å²) in [5.41, 5.74) is 4.60. The van der Waals surface area contributed by atoms with Crippen molar-refractivity contribution in [2.75, 3.05) is 13.1 Å². The maximum atomic E-state index is 13.5. The molecule has 1 fully saturated rings. The number of hydrogen-bond donors (Lipinski definition) is 2.